The summed E-state index contributed by atoms with van der Waals surface area (Å²) in [6.07, 6.45) is 0. The molecular weight excluding hydrogens is 376 g/mol. The Labute approximate surface area is 160 Å². The second-order valence-electron chi connectivity index (χ2n) is 5.57. The van der Waals surface area contributed by atoms with Crippen LogP contribution in [0, 0.1) is 11.6 Å². The van der Waals surface area contributed by atoms with Crippen LogP contribution in [0.5, 0.6) is 5.75 Å². The van der Waals surface area contributed by atoms with Gasteiger partial charge in [-0.3, -0.25) is 9.59 Å². The second-order valence-corrected chi connectivity index (χ2v) is 6.90. The minimum absolute atomic E-state index is 0.0247. The van der Waals surface area contributed by atoms with Gasteiger partial charge in [-0.25, -0.2) is 8.78 Å². The van der Waals surface area contributed by atoms with Gasteiger partial charge < -0.3 is 14.8 Å². The zero-order chi connectivity index (χ0) is 19.8. The van der Waals surface area contributed by atoms with E-state index in [1.165, 1.54) is 49.6 Å². The highest BCUT2D eigenvalue weighted by molar-refractivity contribution is 8.01. The molecule has 1 amide bonds. The van der Waals surface area contributed by atoms with Crippen molar-refractivity contribution in [2.45, 2.75) is 18.8 Å². The number of hydrogen-bond donors (Lipinski definition) is 1. The maximum atomic E-state index is 13.3. The third-order valence-corrected chi connectivity index (χ3v) is 4.66. The van der Waals surface area contributed by atoms with Crippen LogP contribution in [0.2, 0.25) is 0 Å². The van der Waals surface area contributed by atoms with E-state index in [2.05, 4.69) is 5.32 Å². The Morgan fingerprint density at radius 3 is 2.44 bits per heavy atom. The highest BCUT2D eigenvalue weighted by Gasteiger charge is 2.18. The number of carbonyl (C=O) groups excluding carboxylic acids is 2. The minimum atomic E-state index is -0.594. The van der Waals surface area contributed by atoms with Crippen molar-refractivity contribution in [2.24, 2.45) is 0 Å². The molecule has 0 fully saturated rings. The van der Waals surface area contributed by atoms with E-state index in [4.69, 9.17) is 9.47 Å². The highest BCUT2D eigenvalue weighted by Crippen LogP contribution is 2.21. The van der Waals surface area contributed by atoms with Crippen molar-refractivity contribution < 1.29 is 27.8 Å². The van der Waals surface area contributed by atoms with E-state index in [-0.39, 0.29) is 18.3 Å². The Kier molecular flexibility index (Phi) is 7.60. The average molecular weight is 395 g/mol. The largest absolute Gasteiger partial charge is 0.496 e. The van der Waals surface area contributed by atoms with Crippen LogP contribution in [0.3, 0.4) is 0 Å². The zero-order valence-corrected chi connectivity index (χ0v) is 15.6. The lowest BCUT2D eigenvalue weighted by Gasteiger charge is -2.13. The lowest BCUT2D eigenvalue weighted by molar-refractivity contribution is -0.143. The summed E-state index contributed by atoms with van der Waals surface area (Å²) in [5, 5.41) is 2.01. The van der Waals surface area contributed by atoms with Gasteiger partial charge in [-0.2, -0.15) is 0 Å². The number of benzene rings is 2. The lowest BCUT2D eigenvalue weighted by atomic mass is 10.2. The first-order valence-corrected chi connectivity index (χ1v) is 9.10. The molecular formula is C19H19F2NO4S. The molecule has 5 nitrogen and oxygen atoms in total. The third kappa shape index (κ3) is 6.56. The summed E-state index contributed by atoms with van der Waals surface area (Å²) < 4.78 is 36.4. The maximum Gasteiger partial charge on any atom is 0.319 e. The Hall–Kier alpha value is -2.61. The number of halogens is 2. The minimum Gasteiger partial charge on any atom is -0.496 e. The summed E-state index contributed by atoms with van der Waals surface area (Å²) in [5.74, 6) is -1.26. The van der Waals surface area contributed by atoms with Crippen LogP contribution in [-0.2, 0) is 20.9 Å². The summed E-state index contributed by atoms with van der Waals surface area (Å²) in [6, 6.07) is 9.32. The molecule has 0 aliphatic rings. The van der Waals surface area contributed by atoms with E-state index in [0.29, 0.717) is 17.0 Å². The third-order valence-electron chi connectivity index (χ3n) is 3.54. The number of esters is 1. The van der Waals surface area contributed by atoms with Crippen molar-refractivity contribution in [3.05, 3.63) is 59.7 Å². The molecule has 0 saturated heterocycles. The van der Waals surface area contributed by atoms with E-state index in [1.54, 1.807) is 6.92 Å². The Bertz CT molecular complexity index is 799. The first-order chi connectivity index (χ1) is 12.9. The number of amides is 1. The van der Waals surface area contributed by atoms with Gasteiger partial charge in [0.15, 0.2) is 0 Å². The molecule has 0 aliphatic carbocycles. The molecule has 1 unspecified atom stereocenters. The number of hydrogen-bond acceptors (Lipinski definition) is 5. The molecule has 0 spiro atoms. The first kappa shape index (κ1) is 20.7. The predicted molar refractivity (Wildman–Crippen MR) is 99.7 cm³/mol. The SMILES string of the molecule is COc1ccc(F)cc1COC(=O)C(C)SCC(=O)Nc1ccc(F)cc1. The molecule has 0 aliphatic heterocycles. The van der Waals surface area contributed by atoms with Crippen LogP contribution < -0.4 is 10.1 Å². The van der Waals surface area contributed by atoms with Gasteiger partial charge >= 0.3 is 5.97 Å². The zero-order valence-electron chi connectivity index (χ0n) is 14.8. The lowest BCUT2D eigenvalue weighted by Crippen LogP contribution is -2.21. The number of ether oxygens (including phenoxy) is 2. The summed E-state index contributed by atoms with van der Waals surface area (Å²) in [7, 11) is 1.44. The molecule has 0 bridgehead atoms. The molecule has 0 radical (unpaired) electrons. The first-order valence-electron chi connectivity index (χ1n) is 8.05. The van der Waals surface area contributed by atoms with E-state index in [9.17, 15) is 18.4 Å². The van der Waals surface area contributed by atoms with Crippen LogP contribution in [0.15, 0.2) is 42.5 Å². The standard InChI is InChI=1S/C19H19F2NO4S/c1-12(27-11-18(23)22-16-6-3-14(20)4-7-16)19(24)26-10-13-9-15(21)5-8-17(13)25-2/h3-9,12H,10-11H2,1-2H3,(H,22,23). The number of methoxy groups -OCH3 is 1. The quantitative estimate of drug-likeness (QED) is 0.689. The normalized spacial score (nSPS) is 11.6. The maximum absolute atomic E-state index is 13.3. The van der Waals surface area contributed by atoms with Crippen molar-refractivity contribution in [2.75, 3.05) is 18.2 Å². The number of nitrogens with one attached hydrogen (secondary N) is 1. The Balaban J connectivity index is 1.79. The fraction of sp³-hybridized carbons (Fsp3) is 0.263. The van der Waals surface area contributed by atoms with Crippen LogP contribution in [0.1, 0.15) is 12.5 Å². The molecule has 1 N–H and O–H groups in total. The van der Waals surface area contributed by atoms with Gasteiger partial charge in [0.25, 0.3) is 0 Å². The summed E-state index contributed by atoms with van der Waals surface area (Å²) in [6.45, 7) is 1.48. The van der Waals surface area contributed by atoms with Crippen molar-refractivity contribution in [3.63, 3.8) is 0 Å². The van der Waals surface area contributed by atoms with Gasteiger partial charge in [0.05, 0.1) is 12.9 Å². The monoisotopic (exact) mass is 395 g/mol. The molecule has 2 rings (SSSR count). The molecule has 27 heavy (non-hydrogen) atoms. The number of thioether (sulfide) groups is 1. The summed E-state index contributed by atoms with van der Waals surface area (Å²) in [5.41, 5.74) is 0.882. The Morgan fingerprint density at radius 1 is 1.11 bits per heavy atom. The molecule has 2 aromatic carbocycles. The molecule has 0 aromatic heterocycles. The van der Waals surface area contributed by atoms with Gasteiger partial charge in [-0.15, -0.1) is 11.8 Å². The van der Waals surface area contributed by atoms with Gasteiger partial charge in [-0.05, 0) is 49.4 Å². The molecule has 0 saturated carbocycles. The molecule has 8 heteroatoms. The summed E-state index contributed by atoms with van der Waals surface area (Å²) in [4.78, 5) is 23.9. The fourth-order valence-electron chi connectivity index (χ4n) is 2.13. The highest BCUT2D eigenvalue weighted by atomic mass is 32.2. The number of rotatable bonds is 8. The topological polar surface area (TPSA) is 64.6 Å². The van der Waals surface area contributed by atoms with Gasteiger partial charge in [0.2, 0.25) is 5.91 Å². The van der Waals surface area contributed by atoms with Crippen molar-refractivity contribution in [1.82, 2.24) is 0 Å². The van der Waals surface area contributed by atoms with Crippen molar-refractivity contribution in [1.29, 1.82) is 0 Å². The smallest absolute Gasteiger partial charge is 0.319 e. The van der Waals surface area contributed by atoms with E-state index >= 15 is 0 Å². The van der Waals surface area contributed by atoms with Crippen LogP contribution in [-0.4, -0.2) is 30.0 Å². The van der Waals surface area contributed by atoms with E-state index in [0.717, 1.165) is 11.8 Å². The number of carbonyl (C=O) groups is 2. The van der Waals surface area contributed by atoms with Crippen molar-refractivity contribution >= 4 is 29.3 Å². The molecule has 1 atom stereocenters. The van der Waals surface area contributed by atoms with E-state index < -0.39 is 22.9 Å². The molecule has 144 valence electrons. The van der Waals surface area contributed by atoms with Crippen molar-refractivity contribution in [3.8, 4) is 5.75 Å². The van der Waals surface area contributed by atoms with Gasteiger partial charge in [-0.1, -0.05) is 0 Å². The van der Waals surface area contributed by atoms with Crippen LogP contribution >= 0.6 is 11.8 Å². The Morgan fingerprint density at radius 2 is 1.78 bits per heavy atom. The van der Waals surface area contributed by atoms with Gasteiger partial charge in [0.1, 0.15) is 29.2 Å². The second kappa shape index (κ2) is 9.91. The van der Waals surface area contributed by atoms with Crippen LogP contribution in [0.25, 0.3) is 0 Å². The average Bonchev–Trinajstić information content (AvgIpc) is 2.66. The van der Waals surface area contributed by atoms with Crippen LogP contribution in [0.4, 0.5) is 14.5 Å². The van der Waals surface area contributed by atoms with Gasteiger partial charge in [0, 0.05) is 11.3 Å². The predicted octanol–water partition coefficient (Wildman–Crippen LogP) is 3.78. The van der Waals surface area contributed by atoms with E-state index in [1.807, 2.05) is 0 Å². The number of anilines is 1. The fourth-order valence-corrected chi connectivity index (χ4v) is 2.80. The summed E-state index contributed by atoms with van der Waals surface area (Å²) >= 11 is 1.10. The molecule has 0 heterocycles. The molecule has 2 aromatic rings.